The van der Waals surface area contributed by atoms with E-state index in [-0.39, 0.29) is 0 Å². The van der Waals surface area contributed by atoms with Gasteiger partial charge < -0.3 is 24.2 Å². The lowest BCUT2D eigenvalue weighted by atomic mass is 9.85. The monoisotopic (exact) mass is 387 g/mol. The summed E-state index contributed by atoms with van der Waals surface area (Å²) in [7, 11) is -3.45. The van der Waals surface area contributed by atoms with Crippen LogP contribution in [0.1, 0.15) is 30.7 Å². The number of hydrogen-bond acceptors (Lipinski definition) is 6. The van der Waals surface area contributed by atoms with Gasteiger partial charge >= 0.3 is 19.9 Å². The summed E-state index contributed by atoms with van der Waals surface area (Å²) >= 11 is 0. The number of amides is 1. The van der Waals surface area contributed by atoms with Gasteiger partial charge in [0.2, 0.25) is 6.79 Å². The van der Waals surface area contributed by atoms with Crippen molar-refractivity contribution in [3.8, 4) is 0 Å². The van der Waals surface area contributed by atoms with Gasteiger partial charge in [-0.3, -0.25) is 4.79 Å². The van der Waals surface area contributed by atoms with E-state index in [1.54, 1.807) is 24.3 Å². The van der Waals surface area contributed by atoms with Crippen LogP contribution in [-0.2, 0) is 23.4 Å². The number of phosphoric ester groups is 1. The molecule has 26 heavy (non-hydrogen) atoms. The fraction of sp³-hybridized carbons (Fsp3) is 0.500. The second-order valence-corrected chi connectivity index (χ2v) is 7.06. The topological polar surface area (TPSA) is 123 Å². The van der Waals surface area contributed by atoms with E-state index in [9.17, 15) is 14.2 Å². The molecule has 0 aromatic heterocycles. The van der Waals surface area contributed by atoms with Crippen molar-refractivity contribution >= 4 is 19.9 Å². The van der Waals surface area contributed by atoms with E-state index in [4.69, 9.17) is 19.3 Å². The second kappa shape index (κ2) is 9.14. The average Bonchev–Trinajstić information content (AvgIpc) is 2.62. The van der Waals surface area contributed by atoms with Crippen LogP contribution >= 0.6 is 7.82 Å². The summed E-state index contributed by atoms with van der Waals surface area (Å²) in [6.07, 6.45) is 1.33. The molecule has 2 atom stereocenters. The largest absolute Gasteiger partial charge is 0.472 e. The predicted octanol–water partition coefficient (Wildman–Crippen LogP) is 2.00. The number of rotatable bonds is 6. The fourth-order valence-corrected chi connectivity index (χ4v) is 3.25. The minimum absolute atomic E-state index is 0.361. The number of piperidine rings is 1. The van der Waals surface area contributed by atoms with Gasteiger partial charge in [-0.2, -0.15) is 0 Å². The molecule has 0 spiro atoms. The Kier molecular flexibility index (Phi) is 7.16. The lowest BCUT2D eigenvalue weighted by molar-refractivity contribution is -0.144. The van der Waals surface area contributed by atoms with Crippen molar-refractivity contribution in [1.82, 2.24) is 4.90 Å². The zero-order valence-electron chi connectivity index (χ0n) is 14.3. The van der Waals surface area contributed by atoms with E-state index < -0.39 is 38.6 Å². The highest BCUT2D eigenvalue weighted by atomic mass is 31.2. The number of likely N-dealkylation sites (tertiary alicyclic amines) is 1. The van der Waals surface area contributed by atoms with Crippen molar-refractivity contribution in [1.29, 1.82) is 0 Å². The van der Waals surface area contributed by atoms with Crippen LogP contribution in [0.15, 0.2) is 30.3 Å². The molecular weight excluding hydrogens is 365 g/mol. The average molecular weight is 387 g/mol. The molecule has 1 fully saturated rings. The van der Waals surface area contributed by atoms with E-state index in [2.05, 4.69) is 4.52 Å². The predicted molar refractivity (Wildman–Crippen MR) is 90.0 cm³/mol. The number of carbonyl (C=O) groups is 2. The molecule has 9 nitrogen and oxygen atoms in total. The third-order valence-corrected chi connectivity index (χ3v) is 4.63. The van der Waals surface area contributed by atoms with Gasteiger partial charge in [0.05, 0.1) is 13.2 Å². The molecule has 2 N–H and O–H groups in total. The van der Waals surface area contributed by atoms with Gasteiger partial charge in [0.25, 0.3) is 0 Å². The smallest absolute Gasteiger partial charge is 0.468 e. The zero-order valence-corrected chi connectivity index (χ0v) is 15.2. The van der Waals surface area contributed by atoms with Gasteiger partial charge in [0, 0.05) is 6.54 Å². The molecule has 1 aromatic rings. The van der Waals surface area contributed by atoms with Gasteiger partial charge in [-0.1, -0.05) is 30.3 Å². The van der Waals surface area contributed by atoms with E-state index in [1.807, 2.05) is 6.07 Å². The van der Waals surface area contributed by atoms with Gasteiger partial charge in [0.1, 0.15) is 5.92 Å². The maximum atomic E-state index is 12.4. The van der Waals surface area contributed by atoms with Crippen LogP contribution in [0.5, 0.6) is 0 Å². The van der Waals surface area contributed by atoms with E-state index in [0.717, 1.165) is 18.4 Å². The van der Waals surface area contributed by atoms with Crippen molar-refractivity contribution in [2.45, 2.75) is 31.2 Å². The summed E-state index contributed by atoms with van der Waals surface area (Å²) in [5, 5.41) is 0. The molecule has 0 radical (unpaired) electrons. The summed E-state index contributed by atoms with van der Waals surface area (Å²) < 4.78 is 24.6. The molecule has 1 aliphatic heterocycles. The number of phosphoric acid groups is 1. The molecule has 2 rings (SSSR count). The molecule has 0 aliphatic carbocycles. The lowest BCUT2D eigenvalue weighted by Crippen LogP contribution is -2.49. The van der Waals surface area contributed by atoms with Gasteiger partial charge in [-0.15, -0.1) is 0 Å². The van der Waals surface area contributed by atoms with Gasteiger partial charge in [-0.25, -0.2) is 13.9 Å². The first-order chi connectivity index (χ1) is 12.3. The Bertz CT molecular complexity index is 661. The number of hydrogen-bond donors (Lipinski definition) is 2. The van der Waals surface area contributed by atoms with Crippen LogP contribution in [0.2, 0.25) is 0 Å². The van der Waals surface area contributed by atoms with Crippen LogP contribution in [-0.4, -0.2) is 53.2 Å². The summed E-state index contributed by atoms with van der Waals surface area (Å²) in [4.78, 5) is 43.5. The van der Waals surface area contributed by atoms with Crippen LogP contribution in [0.3, 0.4) is 0 Å². The standard InChI is InChI=1S/C16H22NO8P/c1-23-15(18)14(12-7-3-2-4-8-12)13-9-5-6-10-17(13)16(19)24-11-25-26(20,21)22/h2-4,7-8,13-14H,5-6,9-11H2,1H3,(H2,20,21,22). The lowest BCUT2D eigenvalue weighted by Gasteiger charge is -2.38. The van der Waals surface area contributed by atoms with E-state index >= 15 is 0 Å². The third kappa shape index (κ3) is 5.54. The van der Waals surface area contributed by atoms with Gasteiger partial charge in [0.15, 0.2) is 0 Å². The van der Waals surface area contributed by atoms with Crippen molar-refractivity contribution in [3.63, 3.8) is 0 Å². The number of nitrogens with zero attached hydrogens (tertiary/aromatic N) is 1. The highest BCUT2D eigenvalue weighted by Crippen LogP contribution is 2.36. The van der Waals surface area contributed by atoms with Crippen molar-refractivity contribution in [2.75, 3.05) is 20.4 Å². The first-order valence-electron chi connectivity index (χ1n) is 8.09. The van der Waals surface area contributed by atoms with Crippen LogP contribution in [0.4, 0.5) is 4.79 Å². The number of esters is 1. The molecule has 2 unspecified atom stereocenters. The fourth-order valence-electron chi connectivity index (χ4n) is 3.06. The molecule has 1 aromatic carbocycles. The molecule has 144 valence electrons. The maximum absolute atomic E-state index is 12.4. The molecule has 0 bridgehead atoms. The van der Waals surface area contributed by atoms with E-state index in [1.165, 1.54) is 12.0 Å². The summed E-state index contributed by atoms with van der Waals surface area (Å²) in [6.45, 7) is -0.514. The van der Waals surface area contributed by atoms with Gasteiger partial charge in [-0.05, 0) is 24.8 Å². The molecule has 10 heteroatoms. The van der Waals surface area contributed by atoms with Crippen LogP contribution < -0.4 is 0 Å². The van der Waals surface area contributed by atoms with E-state index in [0.29, 0.717) is 13.0 Å². The number of methoxy groups -OCH3 is 1. The summed E-state index contributed by atoms with van der Waals surface area (Å²) in [5.74, 6) is -1.15. The van der Waals surface area contributed by atoms with Crippen molar-refractivity contribution in [3.05, 3.63) is 35.9 Å². The highest BCUT2D eigenvalue weighted by molar-refractivity contribution is 7.46. The number of benzene rings is 1. The Morgan fingerprint density at radius 1 is 1.27 bits per heavy atom. The number of carbonyl (C=O) groups excluding carboxylic acids is 2. The highest BCUT2D eigenvalue weighted by Gasteiger charge is 2.39. The van der Waals surface area contributed by atoms with Crippen molar-refractivity contribution in [2.24, 2.45) is 0 Å². The SMILES string of the molecule is COC(=O)C(c1ccccc1)C1CCCCN1C(=O)OCOP(=O)(O)O. The molecule has 1 saturated heterocycles. The Balaban J connectivity index is 2.18. The number of ether oxygens (including phenoxy) is 2. The molecular formula is C16H22NO8P. The quantitative estimate of drug-likeness (QED) is 0.432. The minimum Gasteiger partial charge on any atom is -0.468 e. The Morgan fingerprint density at radius 2 is 1.96 bits per heavy atom. The van der Waals surface area contributed by atoms with Crippen molar-refractivity contribution < 1.29 is 37.9 Å². The Hall–Kier alpha value is -1.93. The summed E-state index contributed by atoms with van der Waals surface area (Å²) in [5.41, 5.74) is 0.718. The minimum atomic E-state index is -4.73. The Morgan fingerprint density at radius 3 is 2.58 bits per heavy atom. The van der Waals surface area contributed by atoms with Crippen LogP contribution in [0.25, 0.3) is 0 Å². The zero-order chi connectivity index (χ0) is 19.2. The second-order valence-electron chi connectivity index (χ2n) is 5.82. The first-order valence-corrected chi connectivity index (χ1v) is 9.63. The molecule has 0 saturated carbocycles. The Labute approximate surface area is 151 Å². The normalized spacial score (nSPS) is 18.9. The maximum Gasteiger partial charge on any atom is 0.472 e. The molecule has 1 aliphatic rings. The summed E-state index contributed by atoms with van der Waals surface area (Å²) in [6, 6.07) is 8.51. The van der Waals surface area contributed by atoms with Crippen LogP contribution in [0, 0.1) is 0 Å². The first kappa shape index (κ1) is 20.4. The third-order valence-electron chi connectivity index (χ3n) is 4.19. The molecule has 1 amide bonds. The molecule has 1 heterocycles.